The summed E-state index contributed by atoms with van der Waals surface area (Å²) in [6, 6.07) is 7.73. The van der Waals surface area contributed by atoms with Crippen molar-refractivity contribution < 1.29 is 124 Å². The Labute approximate surface area is 597 Å². The molecule has 11 atom stereocenters. The monoisotopic (exact) mass is 1480 g/mol. The fourth-order valence-electron chi connectivity index (χ4n) is 11.5. The van der Waals surface area contributed by atoms with E-state index in [0.29, 0.717) is 48.3 Å². The number of nitrogens with one attached hydrogen (secondary N) is 7. The first-order valence-electron chi connectivity index (χ1n) is 34.1. The van der Waals surface area contributed by atoms with E-state index >= 15 is 0 Å². The molecule has 0 radical (unpaired) electrons. The molecule has 2 aromatic carbocycles. The Morgan fingerprint density at radius 2 is 1.05 bits per heavy atom. The number of rotatable bonds is 42. The Hall–Kier alpha value is -8.68. The van der Waals surface area contributed by atoms with Crippen molar-refractivity contribution in [2.75, 3.05) is 130 Å². The third-order valence-corrected chi connectivity index (χ3v) is 17.5. The van der Waals surface area contributed by atoms with Gasteiger partial charge in [0.05, 0.1) is 75.6 Å². The molecule has 1 saturated heterocycles. The molecule has 1 aromatic heterocycles. The molecule has 580 valence electrons. The molecule has 2 aliphatic rings. The van der Waals surface area contributed by atoms with Crippen LogP contribution in [-0.2, 0) is 61.0 Å². The SMILES string of the molecule is CN(Cc1nc2ccccc2[nH]1)C(=O)c1ccc2c(c1)CN(CCCCCCNC(=O)[C@H](CCC(=O)NC[C@@H](O)[C@H](O)[C@@H](O)[C@@H](O)CO)NC(=O)[C@H](CCC(=O)NC[C@H](O)[C@@H](O)[C@H](O)[C@H](O)CO)NC(=O)CN1CCN(CC(=O)O)CCN(CC(=O)O)CCN(CC(=O)O)CC1)C(=O)C(CC(=O)O)N2. The summed E-state index contributed by atoms with van der Waals surface area (Å²) in [6.07, 6.45) is -17.1. The Morgan fingerprint density at radius 3 is 1.54 bits per heavy atom. The molecule has 1 unspecified atom stereocenters. The van der Waals surface area contributed by atoms with Crippen molar-refractivity contribution in [2.45, 2.75) is 138 Å². The molecule has 3 aromatic rings. The van der Waals surface area contributed by atoms with Crippen molar-refractivity contribution in [3.63, 3.8) is 0 Å². The Balaban J connectivity index is 1.32. The minimum Gasteiger partial charge on any atom is -0.481 e. The van der Waals surface area contributed by atoms with Crippen LogP contribution in [0.5, 0.6) is 0 Å². The maximum absolute atomic E-state index is 14.6. The number of H-pyrrole nitrogens is 1. The lowest BCUT2D eigenvalue weighted by Gasteiger charge is -2.33. The molecule has 21 N–H and O–H groups in total. The number of carbonyl (C=O) groups is 11. The molecule has 0 bridgehead atoms. The topological polar surface area (TPSA) is 591 Å². The highest BCUT2D eigenvalue weighted by atomic mass is 16.4. The van der Waals surface area contributed by atoms with Crippen LogP contribution in [0.2, 0.25) is 0 Å². The summed E-state index contributed by atoms with van der Waals surface area (Å²) in [5, 5.41) is 154. The number of unbranched alkanes of at least 4 members (excludes halogenated alkanes) is 3. The molecule has 0 saturated carbocycles. The number of carboxylic acid groups (broad SMARTS) is 4. The van der Waals surface area contributed by atoms with Gasteiger partial charge in [-0.1, -0.05) is 25.0 Å². The minimum atomic E-state index is -2.08. The average Bonchev–Trinajstić information content (AvgIpc) is 1.62. The fraction of sp³-hybridized carbons (Fsp3) is 0.631. The van der Waals surface area contributed by atoms with Crippen LogP contribution in [0.4, 0.5) is 5.69 Å². The molecule has 2 aliphatic heterocycles. The fourth-order valence-corrected chi connectivity index (χ4v) is 11.5. The van der Waals surface area contributed by atoms with E-state index in [9.17, 15) is 124 Å². The molecule has 104 heavy (non-hydrogen) atoms. The van der Waals surface area contributed by atoms with Crippen LogP contribution in [0.25, 0.3) is 11.0 Å². The Kier molecular flexibility index (Phi) is 36.0. The van der Waals surface area contributed by atoms with Gasteiger partial charge >= 0.3 is 23.9 Å². The molecule has 39 nitrogen and oxygen atoms in total. The van der Waals surface area contributed by atoms with E-state index in [4.69, 9.17) is 0 Å². The van der Waals surface area contributed by atoms with Crippen molar-refractivity contribution >= 4 is 81.9 Å². The van der Waals surface area contributed by atoms with Gasteiger partial charge in [-0.25, -0.2) is 4.98 Å². The zero-order valence-corrected chi connectivity index (χ0v) is 57.8. The van der Waals surface area contributed by atoms with Crippen molar-refractivity contribution in [1.29, 1.82) is 0 Å². The standard InChI is InChI=1S/C65H100N14O25/c1-74(31-50-70-41-8-4-5-9-42(41)71-50)64(103)38-10-11-40-39(26-38)30-79(65(104)45(69-40)27-54(89)90)17-7-3-2-6-16-66-62(101)43(12-14-51(86)67-28-46(82)58(97)60(99)48(84)36-80)73-63(102)44(13-15-52(87)68-29-47(83)59(98)61(100)49(85)37-81)72-53(88)32-75-18-20-76(33-55(91)92)22-24-78(35-57(95)96)25-23-77(21-19-75)34-56(93)94/h4-5,8-11,26,43-49,58-61,69,80-85,97-100H,2-3,6-7,12-25,27-37H2,1H3,(H,66,101)(H,67,86)(H,68,87)(H,70,71)(H,72,88)(H,73,102)(H,89,90)(H,91,92)(H,93,94)(H,95,96)/t43-,44-,45?,46+,47-,48-,49+,58-,59+,60-,61+/m0/s1. The molecular formula is C65H100N14O25. The number of amides is 7. The second-order valence-electron chi connectivity index (χ2n) is 25.7. The molecule has 3 heterocycles. The van der Waals surface area contributed by atoms with E-state index in [0.717, 1.165) is 11.0 Å². The largest absolute Gasteiger partial charge is 0.481 e. The minimum absolute atomic E-state index is 0.0137. The van der Waals surface area contributed by atoms with Crippen molar-refractivity contribution in [3.05, 3.63) is 59.4 Å². The molecule has 0 spiro atoms. The molecule has 0 aliphatic carbocycles. The zero-order chi connectivity index (χ0) is 76.7. The van der Waals surface area contributed by atoms with Crippen molar-refractivity contribution in [3.8, 4) is 0 Å². The van der Waals surface area contributed by atoms with Gasteiger partial charge in [-0.05, 0) is 61.6 Å². The van der Waals surface area contributed by atoms with Gasteiger partial charge in [-0.15, -0.1) is 0 Å². The summed E-state index contributed by atoms with van der Waals surface area (Å²) in [5.41, 5.74) is 2.86. The van der Waals surface area contributed by atoms with Gasteiger partial charge < -0.3 is 118 Å². The number of fused-ring (bicyclic) bond motifs is 2. The van der Waals surface area contributed by atoms with E-state index in [1.165, 1.54) is 29.4 Å². The number of aliphatic hydroxyl groups is 10. The average molecular weight is 1480 g/mol. The number of carbonyl (C=O) groups excluding carboxylic acids is 7. The van der Waals surface area contributed by atoms with Gasteiger partial charge in [-0.2, -0.15) is 0 Å². The first-order chi connectivity index (χ1) is 49.3. The second kappa shape index (κ2) is 43.6. The lowest BCUT2D eigenvalue weighted by Crippen LogP contribution is -2.56. The number of imidazole rings is 1. The molecular weight excluding hydrogens is 1380 g/mol. The summed E-state index contributed by atoms with van der Waals surface area (Å²) >= 11 is 0. The first-order valence-corrected chi connectivity index (χ1v) is 34.1. The highest BCUT2D eigenvalue weighted by molar-refractivity contribution is 5.96. The number of para-hydroxylation sites is 2. The van der Waals surface area contributed by atoms with Gasteiger partial charge in [0.15, 0.2) is 0 Å². The lowest BCUT2D eigenvalue weighted by molar-refractivity contribution is -0.141. The molecule has 7 amide bonds. The first kappa shape index (κ1) is 86.0. The third kappa shape index (κ3) is 29.1. The maximum atomic E-state index is 14.6. The van der Waals surface area contributed by atoms with Crippen LogP contribution >= 0.6 is 0 Å². The summed E-state index contributed by atoms with van der Waals surface area (Å²) < 4.78 is 0. The van der Waals surface area contributed by atoms with Gasteiger partial charge in [0.25, 0.3) is 5.91 Å². The van der Waals surface area contributed by atoms with Crippen LogP contribution in [-0.4, -0.2) is 368 Å². The molecule has 39 heteroatoms. The highest BCUT2D eigenvalue weighted by Gasteiger charge is 2.35. The number of aliphatic hydroxyl groups excluding tert-OH is 10. The van der Waals surface area contributed by atoms with Crippen molar-refractivity contribution in [2.24, 2.45) is 0 Å². The summed E-state index contributed by atoms with van der Waals surface area (Å²) in [5.74, 6) is -9.80. The smallest absolute Gasteiger partial charge is 0.317 e. The molecule has 5 rings (SSSR count). The number of aliphatic carboxylic acids is 4. The lowest BCUT2D eigenvalue weighted by atomic mass is 10.0. The van der Waals surface area contributed by atoms with Gasteiger partial charge in [-0.3, -0.25) is 72.3 Å². The Morgan fingerprint density at radius 1 is 0.567 bits per heavy atom. The molecule has 1 fully saturated rings. The maximum Gasteiger partial charge on any atom is 0.317 e. The number of benzene rings is 2. The number of carboxylic acids is 4. The van der Waals surface area contributed by atoms with Gasteiger partial charge in [0.1, 0.15) is 60.6 Å². The summed E-state index contributed by atoms with van der Waals surface area (Å²) in [7, 11) is 1.62. The third-order valence-electron chi connectivity index (χ3n) is 17.5. The van der Waals surface area contributed by atoms with Crippen LogP contribution in [0.15, 0.2) is 42.5 Å². The highest BCUT2D eigenvalue weighted by Crippen LogP contribution is 2.27. The van der Waals surface area contributed by atoms with Crippen LogP contribution < -0.4 is 31.9 Å². The van der Waals surface area contributed by atoms with Crippen molar-refractivity contribution in [1.82, 2.24) is 66.0 Å². The van der Waals surface area contributed by atoms with E-state index in [1.54, 1.807) is 25.2 Å². The van der Waals surface area contributed by atoms with Gasteiger partial charge in [0.2, 0.25) is 35.4 Å². The van der Waals surface area contributed by atoms with Crippen LogP contribution in [0.3, 0.4) is 0 Å². The number of anilines is 1. The summed E-state index contributed by atoms with van der Waals surface area (Å²) in [6.45, 7) is -5.02. The number of nitrogens with zero attached hydrogens (tertiary/aromatic N) is 7. The van der Waals surface area contributed by atoms with E-state index < -0.39 is 211 Å². The van der Waals surface area contributed by atoms with Crippen LogP contribution in [0, 0.1) is 0 Å². The second-order valence-corrected chi connectivity index (χ2v) is 25.7. The predicted molar refractivity (Wildman–Crippen MR) is 364 cm³/mol. The van der Waals surface area contributed by atoms with Gasteiger partial charge in [0, 0.05) is 116 Å². The summed E-state index contributed by atoms with van der Waals surface area (Å²) in [4.78, 5) is 162. The quantitative estimate of drug-likeness (QED) is 0.0234. The number of hydrogen-bond acceptors (Lipinski definition) is 27. The number of aromatic amines is 1. The van der Waals surface area contributed by atoms with Crippen LogP contribution in [0.1, 0.15) is 79.5 Å². The van der Waals surface area contributed by atoms with E-state index in [1.807, 2.05) is 24.3 Å². The predicted octanol–water partition coefficient (Wildman–Crippen LogP) is -7.78. The number of aromatic nitrogens is 2. The zero-order valence-electron chi connectivity index (χ0n) is 57.8. The van der Waals surface area contributed by atoms with E-state index in [-0.39, 0.29) is 84.4 Å². The normalized spacial score (nSPS) is 18.2. The van der Waals surface area contributed by atoms with E-state index in [2.05, 4.69) is 41.9 Å². The number of hydrogen-bond donors (Lipinski definition) is 21. The Bertz CT molecular complexity index is 3270.